The van der Waals surface area contributed by atoms with Gasteiger partial charge in [-0.15, -0.1) is 8.39 Å². The fourth-order valence-corrected chi connectivity index (χ4v) is 0. The van der Waals surface area contributed by atoms with Gasteiger partial charge < -0.3 is 0 Å². The Labute approximate surface area is 34.3 Å². The zero-order valence-corrected chi connectivity index (χ0v) is 3.79. The van der Waals surface area contributed by atoms with E-state index in [1.54, 1.807) is 0 Å². The Morgan fingerprint density at radius 3 is 1.83 bits per heavy atom. The lowest BCUT2D eigenvalue weighted by molar-refractivity contribution is 0.506. The van der Waals surface area contributed by atoms with E-state index in [2.05, 4.69) is 6.58 Å². The first-order valence-electron chi connectivity index (χ1n) is 1.19. The minimum absolute atomic E-state index is 0.160. The molecule has 0 atom stereocenters. The van der Waals surface area contributed by atoms with Crippen molar-refractivity contribution in [2.45, 2.75) is 0 Å². The Bertz CT molecular complexity index is 93.7. The summed E-state index contributed by atoms with van der Waals surface area (Å²) in [4.78, 5) is 0. The van der Waals surface area contributed by atoms with Gasteiger partial charge in [0.05, 0.1) is 0 Å². The summed E-state index contributed by atoms with van der Waals surface area (Å²) >= 11 is 0. The summed E-state index contributed by atoms with van der Waals surface area (Å²) in [5, 5.41) is 0. The minimum Gasteiger partial charge on any atom is -0.245 e. The molecule has 36 valence electrons. The van der Waals surface area contributed by atoms with Gasteiger partial charge in [0.2, 0.25) is 0 Å². The molecular formula is C2H3F2OP. The fourth-order valence-electron chi connectivity index (χ4n) is 0. The maximum atomic E-state index is 10.9. The first-order valence-corrected chi connectivity index (χ1v) is 2.74. The second kappa shape index (κ2) is 1.52. The molecule has 1 nitrogen and oxygen atoms in total. The maximum Gasteiger partial charge on any atom is 0.425 e. The van der Waals surface area contributed by atoms with E-state index in [1.807, 2.05) is 0 Å². The van der Waals surface area contributed by atoms with Crippen molar-refractivity contribution in [3.63, 3.8) is 0 Å². The SMILES string of the molecule is C=CP(=O)(F)F. The van der Waals surface area contributed by atoms with E-state index >= 15 is 0 Å². The third kappa shape index (κ3) is 3.83. The molecule has 0 bridgehead atoms. The first-order chi connectivity index (χ1) is 2.56. The van der Waals surface area contributed by atoms with E-state index in [4.69, 9.17) is 4.57 Å². The first kappa shape index (κ1) is 5.83. The molecule has 0 spiro atoms. The molecule has 0 aromatic carbocycles. The Morgan fingerprint density at radius 2 is 1.83 bits per heavy atom. The van der Waals surface area contributed by atoms with Crippen molar-refractivity contribution in [2.75, 3.05) is 0 Å². The molecule has 4 heteroatoms. The number of hydrogen-bond acceptors (Lipinski definition) is 1. The largest absolute Gasteiger partial charge is 0.425 e. The van der Waals surface area contributed by atoms with Gasteiger partial charge in [0.1, 0.15) is 0 Å². The van der Waals surface area contributed by atoms with Crippen LogP contribution in [0.5, 0.6) is 0 Å². The van der Waals surface area contributed by atoms with Crippen LogP contribution in [0, 0.1) is 0 Å². The average Bonchev–Trinajstić information content (AvgIpc) is 1.35. The molecular weight excluding hydrogens is 109 g/mol. The van der Waals surface area contributed by atoms with Crippen LogP contribution in [0.2, 0.25) is 0 Å². The summed E-state index contributed by atoms with van der Waals surface area (Å²) < 4.78 is 30.9. The lowest BCUT2D eigenvalue weighted by Gasteiger charge is -1.78. The van der Waals surface area contributed by atoms with Crippen molar-refractivity contribution in [3.05, 3.63) is 12.4 Å². The lowest BCUT2D eigenvalue weighted by atomic mass is 11.3. The van der Waals surface area contributed by atoms with Crippen LogP contribution >= 0.6 is 7.76 Å². The molecule has 0 amide bonds. The lowest BCUT2D eigenvalue weighted by Crippen LogP contribution is -1.41. The molecule has 0 N–H and O–H groups in total. The van der Waals surface area contributed by atoms with Gasteiger partial charge in [0, 0.05) is 5.82 Å². The highest BCUT2D eigenvalue weighted by molar-refractivity contribution is 7.56. The zero-order chi connectivity index (χ0) is 5.21. The van der Waals surface area contributed by atoms with Crippen LogP contribution in [0.15, 0.2) is 12.4 Å². The van der Waals surface area contributed by atoms with Gasteiger partial charge in [0.15, 0.2) is 0 Å². The fraction of sp³-hybridized carbons (Fsp3) is 0. The molecule has 0 fully saturated rings. The second-order valence-electron chi connectivity index (χ2n) is 0.685. The summed E-state index contributed by atoms with van der Waals surface area (Å²) in [5.41, 5.74) is 0. The molecule has 0 unspecified atom stereocenters. The van der Waals surface area contributed by atoms with Gasteiger partial charge >= 0.3 is 7.76 Å². The zero-order valence-electron chi connectivity index (χ0n) is 2.90. The molecule has 6 heavy (non-hydrogen) atoms. The standard InChI is InChI=1S/C2H3F2OP/c1-2-6(3,4)5/h2H,1H2. The summed E-state index contributed by atoms with van der Waals surface area (Å²) in [6, 6.07) is 0. The van der Waals surface area contributed by atoms with Gasteiger partial charge in [0.25, 0.3) is 0 Å². The van der Waals surface area contributed by atoms with E-state index in [0.717, 1.165) is 0 Å². The molecule has 0 aliphatic heterocycles. The quantitative estimate of drug-likeness (QED) is 0.475. The van der Waals surface area contributed by atoms with Crippen molar-refractivity contribution in [1.29, 1.82) is 0 Å². The van der Waals surface area contributed by atoms with Gasteiger partial charge in [-0.05, 0) is 0 Å². The van der Waals surface area contributed by atoms with Crippen molar-refractivity contribution in [1.82, 2.24) is 0 Å². The van der Waals surface area contributed by atoms with Gasteiger partial charge in [-0.1, -0.05) is 6.58 Å². The Hall–Kier alpha value is -0.170. The van der Waals surface area contributed by atoms with Gasteiger partial charge in [-0.2, -0.15) is 0 Å². The summed E-state index contributed by atoms with van der Waals surface area (Å²) in [7, 11) is -4.88. The topological polar surface area (TPSA) is 17.1 Å². The normalized spacial score (nSPS) is 11.0. The third-order valence-corrected chi connectivity index (χ3v) is 0.638. The third-order valence-electron chi connectivity index (χ3n) is 0.213. The number of rotatable bonds is 1. The Morgan fingerprint density at radius 1 is 1.67 bits per heavy atom. The van der Waals surface area contributed by atoms with Gasteiger partial charge in [-0.3, -0.25) is 0 Å². The number of hydrogen-bond donors (Lipinski definition) is 0. The molecule has 0 radical (unpaired) electrons. The van der Waals surface area contributed by atoms with E-state index in [0.29, 0.717) is 0 Å². The highest BCUT2D eigenvalue weighted by atomic mass is 31.2. The molecule has 0 aliphatic rings. The van der Waals surface area contributed by atoms with E-state index < -0.39 is 7.76 Å². The molecule has 0 aliphatic carbocycles. The van der Waals surface area contributed by atoms with Crippen LogP contribution in [-0.4, -0.2) is 0 Å². The minimum atomic E-state index is -4.88. The summed E-state index contributed by atoms with van der Waals surface area (Å²) in [6.07, 6.45) is 0. The Kier molecular flexibility index (Phi) is 1.48. The van der Waals surface area contributed by atoms with E-state index in [9.17, 15) is 8.39 Å². The van der Waals surface area contributed by atoms with E-state index in [1.165, 1.54) is 0 Å². The smallest absolute Gasteiger partial charge is 0.245 e. The predicted molar refractivity (Wildman–Crippen MR) is 20.0 cm³/mol. The van der Waals surface area contributed by atoms with Crippen molar-refractivity contribution in [2.24, 2.45) is 0 Å². The van der Waals surface area contributed by atoms with Crippen LogP contribution < -0.4 is 0 Å². The molecule has 0 aromatic heterocycles. The monoisotopic (exact) mass is 112 g/mol. The molecule has 0 saturated carbocycles. The van der Waals surface area contributed by atoms with E-state index in [-0.39, 0.29) is 5.82 Å². The predicted octanol–water partition coefficient (Wildman–Crippen LogP) is 2.26. The average molecular weight is 112 g/mol. The van der Waals surface area contributed by atoms with Crippen LogP contribution in [0.3, 0.4) is 0 Å². The maximum absolute atomic E-state index is 10.9. The van der Waals surface area contributed by atoms with Crippen LogP contribution in [-0.2, 0) is 4.57 Å². The van der Waals surface area contributed by atoms with Crippen LogP contribution in [0.4, 0.5) is 8.39 Å². The summed E-state index contributed by atoms with van der Waals surface area (Å²) in [6.45, 7) is 2.62. The highest BCUT2D eigenvalue weighted by Gasteiger charge is 2.09. The molecule has 0 saturated heterocycles. The van der Waals surface area contributed by atoms with Crippen molar-refractivity contribution < 1.29 is 13.0 Å². The molecule has 0 heterocycles. The highest BCUT2D eigenvalue weighted by Crippen LogP contribution is 2.49. The molecule has 0 aromatic rings. The number of halogens is 2. The van der Waals surface area contributed by atoms with Crippen molar-refractivity contribution in [3.8, 4) is 0 Å². The van der Waals surface area contributed by atoms with Crippen LogP contribution in [0.25, 0.3) is 0 Å². The molecule has 0 rings (SSSR count). The second-order valence-corrected chi connectivity index (χ2v) is 2.06. The summed E-state index contributed by atoms with van der Waals surface area (Å²) in [5.74, 6) is 0.160. The van der Waals surface area contributed by atoms with Gasteiger partial charge in [-0.25, -0.2) is 4.57 Å². The van der Waals surface area contributed by atoms with Crippen LogP contribution in [0.1, 0.15) is 0 Å². The van der Waals surface area contributed by atoms with Crippen molar-refractivity contribution >= 4 is 7.76 Å². The Balaban J connectivity index is 3.81.